The molecule has 5 heteroatoms. The van der Waals surface area contributed by atoms with Gasteiger partial charge in [0.05, 0.1) is 23.9 Å². The summed E-state index contributed by atoms with van der Waals surface area (Å²) in [5.41, 5.74) is 2.46. The average molecular weight is 299 g/mol. The molecule has 0 aliphatic rings. The van der Waals surface area contributed by atoms with Crippen molar-refractivity contribution in [3.63, 3.8) is 0 Å². The lowest BCUT2D eigenvalue weighted by Gasteiger charge is -2.26. The number of fused-ring (bicyclic) bond motifs is 1. The van der Waals surface area contributed by atoms with Crippen LogP contribution in [0.4, 0.5) is 0 Å². The normalized spacial score (nSPS) is 11.2. The number of hydrogen-bond acceptors (Lipinski definition) is 3. The molecular formula is C16H17N3OS. The maximum Gasteiger partial charge on any atom is 0.254 e. The number of benzene rings is 1. The van der Waals surface area contributed by atoms with E-state index >= 15 is 0 Å². The quantitative estimate of drug-likeness (QED) is 0.799. The van der Waals surface area contributed by atoms with E-state index in [2.05, 4.69) is 16.0 Å². The second kappa shape index (κ2) is 5.69. The van der Waals surface area contributed by atoms with E-state index in [1.807, 2.05) is 48.4 Å². The van der Waals surface area contributed by atoms with Gasteiger partial charge < -0.3 is 9.88 Å². The monoisotopic (exact) mass is 299 g/mol. The Labute approximate surface area is 127 Å². The van der Waals surface area contributed by atoms with Crippen LogP contribution in [0.5, 0.6) is 0 Å². The molecule has 0 saturated carbocycles. The number of aromatic nitrogens is 2. The third kappa shape index (κ3) is 2.83. The van der Waals surface area contributed by atoms with Gasteiger partial charge in [-0.25, -0.2) is 4.98 Å². The highest BCUT2D eigenvalue weighted by Gasteiger charge is 2.20. The molecule has 0 fully saturated rings. The first-order chi connectivity index (χ1) is 10.1. The molecular weight excluding hydrogens is 282 g/mol. The van der Waals surface area contributed by atoms with E-state index in [1.165, 1.54) is 4.88 Å². The van der Waals surface area contributed by atoms with Crippen molar-refractivity contribution < 1.29 is 4.79 Å². The highest BCUT2D eigenvalue weighted by atomic mass is 32.1. The third-order valence-corrected chi connectivity index (χ3v) is 4.32. The summed E-state index contributed by atoms with van der Waals surface area (Å²) in [6.45, 7) is 4.73. The van der Waals surface area contributed by atoms with Gasteiger partial charge in [-0.3, -0.25) is 4.79 Å². The molecule has 0 radical (unpaired) electrons. The molecule has 4 nitrogen and oxygen atoms in total. The van der Waals surface area contributed by atoms with Gasteiger partial charge in [0.2, 0.25) is 0 Å². The summed E-state index contributed by atoms with van der Waals surface area (Å²) < 4.78 is 0. The van der Waals surface area contributed by atoms with Gasteiger partial charge >= 0.3 is 0 Å². The molecule has 1 N–H and O–H groups in total. The summed E-state index contributed by atoms with van der Waals surface area (Å²) in [5, 5.41) is 2.04. The highest BCUT2D eigenvalue weighted by Crippen LogP contribution is 2.19. The number of nitrogens with zero attached hydrogens (tertiary/aromatic N) is 2. The Morgan fingerprint density at radius 2 is 2.24 bits per heavy atom. The van der Waals surface area contributed by atoms with Crippen LogP contribution in [0.3, 0.4) is 0 Å². The molecule has 2 heterocycles. The van der Waals surface area contributed by atoms with E-state index in [-0.39, 0.29) is 11.9 Å². The van der Waals surface area contributed by atoms with Crippen LogP contribution in [0.25, 0.3) is 11.0 Å². The van der Waals surface area contributed by atoms with Gasteiger partial charge in [0.1, 0.15) is 0 Å². The van der Waals surface area contributed by atoms with Crippen molar-refractivity contribution in [3.05, 3.63) is 52.5 Å². The minimum Gasteiger partial charge on any atom is -0.345 e. The highest BCUT2D eigenvalue weighted by molar-refractivity contribution is 7.09. The fourth-order valence-electron chi connectivity index (χ4n) is 2.29. The van der Waals surface area contributed by atoms with E-state index in [0.717, 1.165) is 11.0 Å². The number of carbonyl (C=O) groups excluding carboxylic acids is 1. The second-order valence-electron chi connectivity index (χ2n) is 5.24. The lowest BCUT2D eigenvalue weighted by molar-refractivity contribution is 0.0692. The maximum atomic E-state index is 12.8. The topological polar surface area (TPSA) is 49.0 Å². The van der Waals surface area contributed by atoms with Crippen LogP contribution in [0.2, 0.25) is 0 Å². The van der Waals surface area contributed by atoms with E-state index in [1.54, 1.807) is 17.7 Å². The first-order valence-electron chi connectivity index (χ1n) is 6.91. The van der Waals surface area contributed by atoms with Crippen LogP contribution in [0.15, 0.2) is 42.0 Å². The average Bonchev–Trinajstić information content (AvgIpc) is 3.14. The molecule has 1 aromatic carbocycles. The predicted molar refractivity (Wildman–Crippen MR) is 85.4 cm³/mol. The number of hydrogen-bond donors (Lipinski definition) is 1. The van der Waals surface area contributed by atoms with Gasteiger partial charge in [-0.15, -0.1) is 11.3 Å². The van der Waals surface area contributed by atoms with Crippen LogP contribution < -0.4 is 0 Å². The largest absolute Gasteiger partial charge is 0.345 e. The zero-order chi connectivity index (χ0) is 14.8. The molecule has 1 amide bonds. The van der Waals surface area contributed by atoms with Gasteiger partial charge in [-0.2, -0.15) is 0 Å². The lowest BCUT2D eigenvalue weighted by Crippen LogP contribution is -2.36. The number of imidazole rings is 1. The van der Waals surface area contributed by atoms with Crippen molar-refractivity contribution in [1.82, 2.24) is 14.9 Å². The van der Waals surface area contributed by atoms with Gasteiger partial charge in [-0.05, 0) is 43.5 Å². The van der Waals surface area contributed by atoms with Crippen molar-refractivity contribution in [3.8, 4) is 0 Å². The standard InChI is InChI=1S/C16H17N3OS/c1-11(2)19(9-13-4-3-7-21-13)16(20)12-5-6-14-15(8-12)18-10-17-14/h3-8,10-11H,9H2,1-2H3,(H,17,18). The van der Waals surface area contributed by atoms with Crippen molar-refractivity contribution >= 4 is 28.3 Å². The summed E-state index contributed by atoms with van der Waals surface area (Å²) >= 11 is 1.68. The molecule has 0 atom stereocenters. The maximum absolute atomic E-state index is 12.8. The van der Waals surface area contributed by atoms with Gasteiger partial charge in [-0.1, -0.05) is 6.07 Å². The first kappa shape index (κ1) is 13.8. The number of thiophene rings is 1. The van der Waals surface area contributed by atoms with E-state index in [0.29, 0.717) is 12.1 Å². The number of H-pyrrole nitrogens is 1. The molecule has 3 aromatic rings. The fraction of sp³-hybridized carbons (Fsp3) is 0.250. The van der Waals surface area contributed by atoms with Crippen molar-refractivity contribution in [1.29, 1.82) is 0 Å². The van der Waals surface area contributed by atoms with Crippen LogP contribution >= 0.6 is 11.3 Å². The Hall–Kier alpha value is -2.14. The molecule has 0 bridgehead atoms. The minimum absolute atomic E-state index is 0.0508. The zero-order valence-electron chi connectivity index (χ0n) is 12.0. The number of rotatable bonds is 4. The molecule has 0 saturated heterocycles. The summed E-state index contributed by atoms with van der Waals surface area (Å²) in [6.07, 6.45) is 1.64. The molecule has 108 valence electrons. The first-order valence-corrected chi connectivity index (χ1v) is 7.79. The van der Waals surface area contributed by atoms with Crippen LogP contribution in [-0.2, 0) is 6.54 Å². The Bertz CT molecular complexity index is 746. The molecule has 0 aliphatic heterocycles. The molecule has 0 unspecified atom stereocenters. The van der Waals surface area contributed by atoms with Gasteiger partial charge in [0, 0.05) is 16.5 Å². The predicted octanol–water partition coefficient (Wildman–Crippen LogP) is 3.68. The Balaban J connectivity index is 1.89. The van der Waals surface area contributed by atoms with Crippen molar-refractivity contribution in [2.24, 2.45) is 0 Å². The van der Waals surface area contributed by atoms with Crippen molar-refractivity contribution in [2.45, 2.75) is 26.4 Å². The third-order valence-electron chi connectivity index (χ3n) is 3.46. The van der Waals surface area contributed by atoms with Gasteiger partial charge in [0.25, 0.3) is 5.91 Å². The summed E-state index contributed by atoms with van der Waals surface area (Å²) in [7, 11) is 0. The number of carbonyl (C=O) groups is 1. The van der Waals surface area contributed by atoms with Crippen molar-refractivity contribution in [2.75, 3.05) is 0 Å². The minimum atomic E-state index is 0.0508. The van der Waals surface area contributed by atoms with Gasteiger partial charge in [0.15, 0.2) is 0 Å². The molecule has 2 aromatic heterocycles. The van der Waals surface area contributed by atoms with E-state index in [4.69, 9.17) is 0 Å². The van der Waals surface area contributed by atoms with E-state index < -0.39 is 0 Å². The fourth-order valence-corrected chi connectivity index (χ4v) is 3.00. The Morgan fingerprint density at radius 1 is 1.38 bits per heavy atom. The van der Waals surface area contributed by atoms with E-state index in [9.17, 15) is 4.79 Å². The van der Waals surface area contributed by atoms with Crippen LogP contribution in [0, 0.1) is 0 Å². The Kier molecular flexibility index (Phi) is 3.75. The molecule has 21 heavy (non-hydrogen) atoms. The number of amides is 1. The molecule has 3 rings (SSSR count). The molecule has 0 spiro atoms. The summed E-state index contributed by atoms with van der Waals surface area (Å²) in [5.74, 6) is 0.0508. The number of nitrogens with one attached hydrogen (secondary N) is 1. The smallest absolute Gasteiger partial charge is 0.254 e. The summed E-state index contributed by atoms with van der Waals surface area (Å²) in [6, 6.07) is 9.81. The molecule has 0 aliphatic carbocycles. The summed E-state index contributed by atoms with van der Waals surface area (Å²) in [4.78, 5) is 23.1. The SMILES string of the molecule is CC(C)N(Cc1cccs1)C(=O)c1ccc2nc[nH]c2c1. The zero-order valence-corrected chi connectivity index (χ0v) is 12.9. The second-order valence-corrected chi connectivity index (χ2v) is 6.27. The number of aromatic amines is 1. The van der Waals surface area contributed by atoms with Crippen LogP contribution in [0.1, 0.15) is 29.1 Å². The van der Waals surface area contributed by atoms with Crippen LogP contribution in [-0.4, -0.2) is 26.8 Å². The Morgan fingerprint density at radius 3 is 2.95 bits per heavy atom. The lowest BCUT2D eigenvalue weighted by atomic mass is 10.1.